The molecule has 1 amide bonds. The summed E-state index contributed by atoms with van der Waals surface area (Å²) in [7, 11) is 0. The first kappa shape index (κ1) is 18.8. The third-order valence-corrected chi connectivity index (χ3v) is 5.58. The van der Waals surface area contributed by atoms with Crippen molar-refractivity contribution in [3.05, 3.63) is 64.7 Å². The molecule has 4 rings (SSSR count). The van der Waals surface area contributed by atoms with E-state index >= 15 is 0 Å². The zero-order valence-corrected chi connectivity index (χ0v) is 16.2. The number of hydrogen-bond donors (Lipinski definition) is 1. The highest BCUT2D eigenvalue weighted by molar-refractivity contribution is 6.30. The number of benzene rings is 2. The third-order valence-electron chi connectivity index (χ3n) is 5.33. The van der Waals surface area contributed by atoms with Gasteiger partial charge in [-0.3, -0.25) is 4.79 Å². The maximum absolute atomic E-state index is 12.4. The van der Waals surface area contributed by atoms with Crippen LogP contribution in [0.5, 0.6) is 11.5 Å². The Labute approximate surface area is 169 Å². The molecule has 0 spiro atoms. The fourth-order valence-corrected chi connectivity index (χ4v) is 3.74. The minimum absolute atomic E-state index is 0.124. The SMILES string of the molecule is O=C(/C=C/c1ccc(Cl)cc1)NCC1(c2ccc3c(c2)OCO3)CCOCC1. The number of hydrogen-bond acceptors (Lipinski definition) is 4. The van der Waals surface area contributed by atoms with E-state index in [-0.39, 0.29) is 18.1 Å². The van der Waals surface area contributed by atoms with Crippen molar-refractivity contribution in [2.45, 2.75) is 18.3 Å². The quantitative estimate of drug-likeness (QED) is 0.773. The highest BCUT2D eigenvalue weighted by Crippen LogP contribution is 2.40. The van der Waals surface area contributed by atoms with Gasteiger partial charge in [-0.25, -0.2) is 0 Å². The lowest BCUT2D eigenvalue weighted by Gasteiger charge is -2.38. The van der Waals surface area contributed by atoms with Gasteiger partial charge in [0.25, 0.3) is 0 Å². The van der Waals surface area contributed by atoms with Crippen LogP contribution in [0.1, 0.15) is 24.0 Å². The standard InChI is InChI=1S/C22H22ClNO4/c23-18-5-1-16(2-6-18)3-8-21(25)24-14-22(9-11-26-12-10-22)17-4-7-19-20(13-17)28-15-27-19/h1-8,13H,9-12,14-15H2,(H,24,25)/b8-3+. The van der Waals surface area contributed by atoms with Gasteiger partial charge in [-0.1, -0.05) is 29.8 Å². The monoisotopic (exact) mass is 399 g/mol. The van der Waals surface area contributed by atoms with Crippen molar-refractivity contribution >= 4 is 23.6 Å². The van der Waals surface area contributed by atoms with Crippen molar-refractivity contribution < 1.29 is 19.0 Å². The van der Waals surface area contributed by atoms with Crippen LogP contribution in [0.3, 0.4) is 0 Å². The Balaban J connectivity index is 1.46. The van der Waals surface area contributed by atoms with Crippen molar-refractivity contribution in [2.75, 3.05) is 26.6 Å². The van der Waals surface area contributed by atoms with Crippen molar-refractivity contribution in [1.82, 2.24) is 5.32 Å². The second-order valence-corrected chi connectivity index (χ2v) is 7.50. The largest absolute Gasteiger partial charge is 0.454 e. The Morgan fingerprint density at radius 3 is 2.61 bits per heavy atom. The molecule has 2 heterocycles. The summed E-state index contributed by atoms with van der Waals surface area (Å²) in [6, 6.07) is 13.4. The first-order valence-electron chi connectivity index (χ1n) is 9.34. The van der Waals surface area contributed by atoms with Crippen LogP contribution < -0.4 is 14.8 Å². The lowest BCUT2D eigenvalue weighted by Crippen LogP contribution is -2.44. The van der Waals surface area contributed by atoms with Crippen LogP contribution in [0.25, 0.3) is 6.08 Å². The molecule has 6 heteroatoms. The van der Waals surface area contributed by atoms with Crippen molar-refractivity contribution in [1.29, 1.82) is 0 Å². The smallest absolute Gasteiger partial charge is 0.244 e. The summed E-state index contributed by atoms with van der Waals surface area (Å²) in [5.41, 5.74) is 1.89. The zero-order chi connectivity index (χ0) is 19.4. The number of carbonyl (C=O) groups excluding carboxylic acids is 1. The molecular formula is C22H22ClNO4. The van der Waals surface area contributed by atoms with Crippen LogP contribution in [0, 0.1) is 0 Å². The summed E-state index contributed by atoms with van der Waals surface area (Å²) in [5, 5.41) is 3.73. The molecule has 0 unspecified atom stereocenters. The molecule has 2 aromatic carbocycles. The highest BCUT2D eigenvalue weighted by Gasteiger charge is 2.35. The minimum Gasteiger partial charge on any atom is -0.454 e. The van der Waals surface area contributed by atoms with Gasteiger partial charge in [0.15, 0.2) is 11.5 Å². The van der Waals surface area contributed by atoms with E-state index in [1.807, 2.05) is 24.3 Å². The fourth-order valence-electron chi connectivity index (χ4n) is 3.62. The maximum atomic E-state index is 12.4. The van der Waals surface area contributed by atoms with Gasteiger partial charge in [0, 0.05) is 36.3 Å². The van der Waals surface area contributed by atoms with E-state index < -0.39 is 0 Å². The molecule has 146 valence electrons. The summed E-state index contributed by atoms with van der Waals surface area (Å²) in [6.45, 7) is 2.14. The number of fused-ring (bicyclic) bond motifs is 1. The van der Waals surface area contributed by atoms with Gasteiger partial charge in [0.05, 0.1) is 0 Å². The Bertz CT molecular complexity index is 873. The molecule has 5 nitrogen and oxygen atoms in total. The summed E-state index contributed by atoms with van der Waals surface area (Å²) in [4.78, 5) is 12.4. The predicted molar refractivity (Wildman–Crippen MR) is 108 cm³/mol. The molecular weight excluding hydrogens is 378 g/mol. The van der Waals surface area contributed by atoms with E-state index in [2.05, 4.69) is 11.4 Å². The van der Waals surface area contributed by atoms with Gasteiger partial charge in [-0.05, 0) is 54.3 Å². The van der Waals surface area contributed by atoms with Crippen LogP contribution in [0.4, 0.5) is 0 Å². The van der Waals surface area contributed by atoms with Crippen LogP contribution in [-0.4, -0.2) is 32.5 Å². The predicted octanol–water partition coefficient (Wildman–Crippen LogP) is 3.95. The Kier molecular flexibility index (Phi) is 5.55. The number of carbonyl (C=O) groups is 1. The Hall–Kier alpha value is -2.50. The van der Waals surface area contributed by atoms with Crippen LogP contribution in [0.2, 0.25) is 5.02 Å². The number of amides is 1. The van der Waals surface area contributed by atoms with Gasteiger partial charge in [-0.15, -0.1) is 0 Å². The molecule has 1 saturated heterocycles. The highest BCUT2D eigenvalue weighted by atomic mass is 35.5. The number of nitrogens with one attached hydrogen (secondary N) is 1. The molecule has 28 heavy (non-hydrogen) atoms. The molecule has 0 saturated carbocycles. The van der Waals surface area contributed by atoms with Crippen LogP contribution in [0.15, 0.2) is 48.5 Å². The third kappa shape index (κ3) is 4.16. The van der Waals surface area contributed by atoms with Crippen molar-refractivity contribution in [2.24, 2.45) is 0 Å². The van der Waals surface area contributed by atoms with Gasteiger partial charge in [0.1, 0.15) is 0 Å². The molecule has 0 atom stereocenters. The molecule has 0 aliphatic carbocycles. The van der Waals surface area contributed by atoms with E-state index in [9.17, 15) is 4.79 Å². The van der Waals surface area contributed by atoms with E-state index in [0.29, 0.717) is 24.8 Å². The number of rotatable bonds is 5. The first-order valence-corrected chi connectivity index (χ1v) is 9.72. The van der Waals surface area contributed by atoms with E-state index in [1.54, 1.807) is 24.3 Å². The van der Waals surface area contributed by atoms with Crippen LogP contribution >= 0.6 is 11.6 Å². The molecule has 1 fully saturated rings. The molecule has 0 aromatic heterocycles. The van der Waals surface area contributed by atoms with Crippen molar-refractivity contribution in [3.8, 4) is 11.5 Å². The minimum atomic E-state index is -0.178. The topological polar surface area (TPSA) is 56.8 Å². The normalized spacial score (nSPS) is 17.6. The second-order valence-electron chi connectivity index (χ2n) is 7.06. The van der Waals surface area contributed by atoms with E-state index in [1.165, 1.54) is 0 Å². The lowest BCUT2D eigenvalue weighted by atomic mass is 9.74. The van der Waals surface area contributed by atoms with Crippen LogP contribution in [-0.2, 0) is 14.9 Å². The number of ether oxygens (including phenoxy) is 3. The van der Waals surface area contributed by atoms with Gasteiger partial charge < -0.3 is 19.5 Å². The molecule has 2 aliphatic heterocycles. The van der Waals surface area contributed by atoms with Gasteiger partial charge >= 0.3 is 0 Å². The van der Waals surface area contributed by atoms with Crippen molar-refractivity contribution in [3.63, 3.8) is 0 Å². The number of halogens is 1. The lowest BCUT2D eigenvalue weighted by molar-refractivity contribution is -0.116. The summed E-state index contributed by atoms with van der Waals surface area (Å²) >= 11 is 5.89. The molecule has 2 aromatic rings. The van der Waals surface area contributed by atoms with E-state index in [0.717, 1.165) is 35.5 Å². The molecule has 0 bridgehead atoms. The first-order chi connectivity index (χ1) is 13.6. The fraction of sp³-hybridized carbons (Fsp3) is 0.318. The summed E-state index contributed by atoms with van der Waals surface area (Å²) in [5.74, 6) is 1.40. The van der Waals surface area contributed by atoms with E-state index in [4.69, 9.17) is 25.8 Å². The average Bonchev–Trinajstić information content (AvgIpc) is 3.20. The Morgan fingerprint density at radius 1 is 1.07 bits per heavy atom. The molecule has 2 aliphatic rings. The zero-order valence-electron chi connectivity index (χ0n) is 15.4. The second kappa shape index (κ2) is 8.25. The van der Waals surface area contributed by atoms with Gasteiger partial charge in [-0.2, -0.15) is 0 Å². The summed E-state index contributed by atoms with van der Waals surface area (Å²) < 4.78 is 16.5. The Morgan fingerprint density at radius 2 is 1.82 bits per heavy atom. The average molecular weight is 400 g/mol. The summed E-state index contributed by atoms with van der Waals surface area (Å²) in [6.07, 6.45) is 5.01. The molecule has 1 N–H and O–H groups in total. The maximum Gasteiger partial charge on any atom is 0.244 e. The molecule has 0 radical (unpaired) electrons. The van der Waals surface area contributed by atoms with Gasteiger partial charge in [0.2, 0.25) is 12.7 Å².